The topological polar surface area (TPSA) is 29.1 Å². The number of carbonyl (C=O) groups excluding carboxylic acids is 1. The Kier molecular flexibility index (Phi) is 4.43. The third-order valence-electron chi connectivity index (χ3n) is 2.04. The van der Waals surface area contributed by atoms with Gasteiger partial charge in [0.25, 0.3) is 5.91 Å². The normalized spacial score (nSPS) is 12.3. The van der Waals surface area contributed by atoms with Crippen molar-refractivity contribution in [2.75, 3.05) is 5.88 Å². The van der Waals surface area contributed by atoms with E-state index in [-0.39, 0.29) is 11.9 Å². The molecule has 1 unspecified atom stereocenters. The Balaban J connectivity index is 2.82. The van der Waals surface area contributed by atoms with E-state index in [0.717, 1.165) is 5.56 Å². The summed E-state index contributed by atoms with van der Waals surface area (Å²) in [4.78, 5) is 11.7. The number of benzene rings is 1. The molecule has 1 aromatic carbocycles. The van der Waals surface area contributed by atoms with Gasteiger partial charge in [0.05, 0.1) is 0 Å². The third kappa shape index (κ3) is 3.40. The lowest BCUT2D eigenvalue weighted by atomic mass is 10.1. The second-order valence-electron chi connectivity index (χ2n) is 3.49. The Morgan fingerprint density at radius 1 is 1.53 bits per heavy atom. The molecule has 0 aliphatic heterocycles. The van der Waals surface area contributed by atoms with Crippen LogP contribution in [0.2, 0.25) is 5.02 Å². The maximum Gasteiger partial charge on any atom is 0.251 e. The lowest BCUT2D eigenvalue weighted by Gasteiger charge is -2.12. The minimum absolute atomic E-state index is 0.0331. The Morgan fingerprint density at radius 2 is 2.20 bits per heavy atom. The van der Waals surface area contributed by atoms with Gasteiger partial charge in [-0.1, -0.05) is 11.6 Å². The van der Waals surface area contributed by atoms with Gasteiger partial charge in [0.15, 0.2) is 0 Å². The first-order valence-corrected chi connectivity index (χ1v) is 5.59. The SMILES string of the molecule is Cc1cc(Cl)ccc1C(=O)NC(C)CCl. The Hall–Kier alpha value is -0.730. The highest BCUT2D eigenvalue weighted by molar-refractivity contribution is 6.30. The molecule has 0 saturated heterocycles. The number of aryl methyl sites for hydroxylation is 1. The van der Waals surface area contributed by atoms with Gasteiger partial charge in [-0.3, -0.25) is 4.79 Å². The third-order valence-corrected chi connectivity index (χ3v) is 2.74. The summed E-state index contributed by atoms with van der Waals surface area (Å²) >= 11 is 11.4. The van der Waals surface area contributed by atoms with E-state index in [1.54, 1.807) is 18.2 Å². The van der Waals surface area contributed by atoms with Crippen LogP contribution < -0.4 is 5.32 Å². The first kappa shape index (κ1) is 12.3. The van der Waals surface area contributed by atoms with Gasteiger partial charge >= 0.3 is 0 Å². The smallest absolute Gasteiger partial charge is 0.251 e. The summed E-state index contributed by atoms with van der Waals surface area (Å²) < 4.78 is 0. The molecular weight excluding hydrogens is 233 g/mol. The average molecular weight is 246 g/mol. The van der Waals surface area contributed by atoms with Gasteiger partial charge in [0, 0.05) is 22.5 Å². The van der Waals surface area contributed by atoms with Crippen LogP contribution in [0.25, 0.3) is 0 Å². The highest BCUT2D eigenvalue weighted by Crippen LogP contribution is 2.15. The van der Waals surface area contributed by atoms with Gasteiger partial charge in [-0.15, -0.1) is 11.6 Å². The molecular formula is C11H13Cl2NO. The molecule has 0 radical (unpaired) electrons. The van der Waals surface area contributed by atoms with Gasteiger partial charge < -0.3 is 5.32 Å². The summed E-state index contributed by atoms with van der Waals surface area (Å²) in [7, 11) is 0. The first-order valence-electron chi connectivity index (χ1n) is 4.67. The van der Waals surface area contributed by atoms with E-state index in [2.05, 4.69) is 5.32 Å². The van der Waals surface area contributed by atoms with Crippen molar-refractivity contribution in [1.29, 1.82) is 0 Å². The molecule has 2 nitrogen and oxygen atoms in total. The van der Waals surface area contributed by atoms with E-state index >= 15 is 0 Å². The number of rotatable bonds is 3. The summed E-state index contributed by atoms with van der Waals surface area (Å²) in [5.41, 5.74) is 1.50. The van der Waals surface area contributed by atoms with Crippen LogP contribution in [0.1, 0.15) is 22.8 Å². The number of alkyl halides is 1. The molecule has 0 aromatic heterocycles. The van der Waals surface area contributed by atoms with Gasteiger partial charge in [-0.2, -0.15) is 0 Å². The number of amides is 1. The van der Waals surface area contributed by atoms with Crippen molar-refractivity contribution in [3.63, 3.8) is 0 Å². The summed E-state index contributed by atoms with van der Waals surface area (Å²) in [5.74, 6) is 0.288. The van der Waals surface area contributed by atoms with Crippen LogP contribution in [0.4, 0.5) is 0 Å². The van der Waals surface area contributed by atoms with Crippen molar-refractivity contribution >= 4 is 29.1 Å². The van der Waals surface area contributed by atoms with E-state index in [4.69, 9.17) is 23.2 Å². The molecule has 1 aromatic rings. The fourth-order valence-electron chi connectivity index (χ4n) is 1.22. The van der Waals surface area contributed by atoms with Gasteiger partial charge in [0.1, 0.15) is 0 Å². The number of nitrogens with one attached hydrogen (secondary N) is 1. The summed E-state index contributed by atoms with van der Waals surface area (Å²) in [6, 6.07) is 5.15. The number of hydrogen-bond donors (Lipinski definition) is 1. The minimum atomic E-state index is -0.114. The highest BCUT2D eigenvalue weighted by Gasteiger charge is 2.11. The van der Waals surface area contributed by atoms with Gasteiger partial charge in [-0.05, 0) is 37.6 Å². The van der Waals surface area contributed by atoms with Crippen LogP contribution in [-0.4, -0.2) is 17.8 Å². The Morgan fingerprint density at radius 3 is 2.73 bits per heavy atom. The number of carbonyl (C=O) groups is 1. The first-order chi connectivity index (χ1) is 7.04. The zero-order valence-electron chi connectivity index (χ0n) is 8.68. The maximum atomic E-state index is 11.7. The molecule has 0 saturated carbocycles. The summed E-state index contributed by atoms with van der Waals surface area (Å²) in [6.07, 6.45) is 0. The molecule has 4 heteroatoms. The van der Waals surface area contributed by atoms with Crippen molar-refractivity contribution in [2.45, 2.75) is 19.9 Å². The lowest BCUT2D eigenvalue weighted by molar-refractivity contribution is 0.0943. The molecule has 1 rings (SSSR count). The van der Waals surface area contributed by atoms with Crippen molar-refractivity contribution in [3.05, 3.63) is 34.3 Å². The van der Waals surface area contributed by atoms with Gasteiger partial charge in [0.2, 0.25) is 0 Å². The Labute approximate surface area is 99.6 Å². The maximum absolute atomic E-state index is 11.7. The predicted molar refractivity (Wildman–Crippen MR) is 63.8 cm³/mol. The van der Waals surface area contributed by atoms with E-state index in [0.29, 0.717) is 16.5 Å². The van der Waals surface area contributed by atoms with Crippen molar-refractivity contribution in [3.8, 4) is 0 Å². The van der Waals surface area contributed by atoms with Crippen molar-refractivity contribution in [1.82, 2.24) is 5.32 Å². The van der Waals surface area contributed by atoms with Crippen LogP contribution in [0, 0.1) is 6.92 Å². The quantitative estimate of drug-likeness (QED) is 0.816. The molecule has 1 amide bonds. The molecule has 0 aliphatic rings. The molecule has 1 atom stereocenters. The molecule has 0 aliphatic carbocycles. The summed E-state index contributed by atoms with van der Waals surface area (Å²) in [6.45, 7) is 3.71. The second kappa shape index (κ2) is 5.38. The Bertz CT molecular complexity index is 366. The molecule has 82 valence electrons. The minimum Gasteiger partial charge on any atom is -0.348 e. The highest BCUT2D eigenvalue weighted by atomic mass is 35.5. The van der Waals surface area contributed by atoms with E-state index in [1.807, 2.05) is 13.8 Å². The monoisotopic (exact) mass is 245 g/mol. The van der Waals surface area contributed by atoms with Crippen LogP contribution >= 0.6 is 23.2 Å². The lowest BCUT2D eigenvalue weighted by Crippen LogP contribution is -2.34. The van der Waals surface area contributed by atoms with Crippen molar-refractivity contribution < 1.29 is 4.79 Å². The second-order valence-corrected chi connectivity index (χ2v) is 4.23. The van der Waals surface area contributed by atoms with Crippen LogP contribution in [0.15, 0.2) is 18.2 Å². The van der Waals surface area contributed by atoms with Crippen LogP contribution in [-0.2, 0) is 0 Å². The van der Waals surface area contributed by atoms with E-state index in [1.165, 1.54) is 0 Å². The predicted octanol–water partition coefficient (Wildman–Crippen LogP) is 3.01. The zero-order chi connectivity index (χ0) is 11.4. The number of hydrogen-bond acceptors (Lipinski definition) is 1. The average Bonchev–Trinajstić information content (AvgIpc) is 2.17. The molecule has 1 N–H and O–H groups in total. The van der Waals surface area contributed by atoms with E-state index in [9.17, 15) is 4.79 Å². The van der Waals surface area contributed by atoms with Crippen molar-refractivity contribution in [2.24, 2.45) is 0 Å². The fourth-order valence-corrected chi connectivity index (χ4v) is 1.53. The molecule has 0 bridgehead atoms. The molecule has 0 fully saturated rings. The molecule has 15 heavy (non-hydrogen) atoms. The molecule has 0 spiro atoms. The number of halogens is 2. The largest absolute Gasteiger partial charge is 0.348 e. The van der Waals surface area contributed by atoms with Gasteiger partial charge in [-0.25, -0.2) is 0 Å². The summed E-state index contributed by atoms with van der Waals surface area (Å²) in [5, 5.41) is 3.43. The fraction of sp³-hybridized carbons (Fsp3) is 0.364. The molecule has 0 heterocycles. The van der Waals surface area contributed by atoms with Crippen LogP contribution in [0.5, 0.6) is 0 Å². The van der Waals surface area contributed by atoms with E-state index < -0.39 is 0 Å². The zero-order valence-corrected chi connectivity index (χ0v) is 10.2. The van der Waals surface area contributed by atoms with Crippen LogP contribution in [0.3, 0.4) is 0 Å². The standard InChI is InChI=1S/C11H13Cl2NO/c1-7-5-9(13)3-4-10(7)11(15)14-8(2)6-12/h3-5,8H,6H2,1-2H3,(H,14,15).